The lowest BCUT2D eigenvalue weighted by Gasteiger charge is -2.34. The number of nitrogens with one attached hydrogen (secondary N) is 1. The van der Waals surface area contributed by atoms with Gasteiger partial charge in [-0.05, 0) is 60.6 Å². The number of aromatic amines is 1. The molecule has 6 rings (SSSR count). The van der Waals surface area contributed by atoms with E-state index in [4.69, 9.17) is 14.5 Å². The fourth-order valence-corrected chi connectivity index (χ4v) is 5.73. The molecule has 2 bridgehead atoms. The van der Waals surface area contributed by atoms with Crippen LogP contribution in [0.5, 0.6) is 11.5 Å². The maximum Gasteiger partial charge on any atom is 0.227 e. The summed E-state index contributed by atoms with van der Waals surface area (Å²) in [7, 11) is 1.65. The number of imidazole rings is 1. The van der Waals surface area contributed by atoms with Crippen molar-refractivity contribution in [2.75, 3.05) is 7.11 Å². The Balaban J connectivity index is 1.26. The number of piperidine rings is 1. The molecule has 1 saturated heterocycles. The zero-order valence-electron chi connectivity index (χ0n) is 19.8. The lowest BCUT2D eigenvalue weighted by molar-refractivity contribution is -0.135. The monoisotopic (exact) mass is 467 g/mol. The van der Waals surface area contributed by atoms with Gasteiger partial charge in [0.25, 0.3) is 0 Å². The third-order valence-electron chi connectivity index (χ3n) is 7.40. The topological polar surface area (TPSA) is 67.4 Å². The Bertz CT molecular complexity index is 1330. The lowest BCUT2D eigenvalue weighted by atomic mass is 9.97. The first-order valence-corrected chi connectivity index (χ1v) is 12.3. The minimum Gasteiger partial charge on any atom is -0.497 e. The predicted molar refractivity (Wildman–Crippen MR) is 134 cm³/mol. The largest absolute Gasteiger partial charge is 0.497 e. The number of aromatic nitrogens is 2. The number of hydrogen-bond acceptors (Lipinski definition) is 4. The van der Waals surface area contributed by atoms with Crippen LogP contribution in [0.3, 0.4) is 0 Å². The molecule has 1 aromatic heterocycles. The van der Waals surface area contributed by atoms with Gasteiger partial charge >= 0.3 is 0 Å². The van der Waals surface area contributed by atoms with E-state index in [9.17, 15) is 4.79 Å². The first-order valence-electron chi connectivity index (χ1n) is 12.3. The minimum atomic E-state index is -0.0196. The molecule has 1 N–H and O–H groups in total. The molecule has 1 amide bonds. The van der Waals surface area contributed by atoms with Gasteiger partial charge in [0.05, 0.1) is 25.1 Å². The van der Waals surface area contributed by atoms with Crippen LogP contribution in [0.25, 0.3) is 11.0 Å². The van der Waals surface area contributed by atoms with Gasteiger partial charge in [-0.2, -0.15) is 0 Å². The molecule has 0 unspecified atom stereocenters. The standard InChI is InChI=1S/C29H29N3O3/c1-34-23-14-10-19(11-15-23)16-26(33)32-22-13-12-21(17-22)28(32)29-30-24-8-5-9-25(27(24)31-29)35-18-20-6-3-2-4-7-20/h2-11,14-15,21-22,28H,12-13,16-18H2,1H3,(H,30,31)/t21-,22+,28-/m0/s1. The van der Waals surface area contributed by atoms with Crippen molar-refractivity contribution in [3.63, 3.8) is 0 Å². The van der Waals surface area contributed by atoms with E-state index in [0.29, 0.717) is 18.9 Å². The first-order chi connectivity index (χ1) is 17.2. The molecule has 2 aliphatic rings. The van der Waals surface area contributed by atoms with Crippen LogP contribution in [-0.4, -0.2) is 33.9 Å². The zero-order chi connectivity index (χ0) is 23.8. The van der Waals surface area contributed by atoms with Crippen LogP contribution in [-0.2, 0) is 17.8 Å². The molecule has 2 fully saturated rings. The highest BCUT2D eigenvalue weighted by Crippen LogP contribution is 2.50. The zero-order valence-corrected chi connectivity index (χ0v) is 19.8. The van der Waals surface area contributed by atoms with Crippen LogP contribution in [0, 0.1) is 5.92 Å². The highest BCUT2D eigenvalue weighted by atomic mass is 16.5. The van der Waals surface area contributed by atoms with Gasteiger partial charge in [0.15, 0.2) is 0 Å². The molecule has 0 spiro atoms. The Labute approximate surface area is 204 Å². The number of para-hydroxylation sites is 1. The SMILES string of the molecule is COc1ccc(CC(=O)N2[C@@H]3CC[C@@H](C3)[C@H]2c2nc3c(OCc4ccccc4)cccc3[nH]2)cc1. The second kappa shape index (κ2) is 9.10. The first kappa shape index (κ1) is 21.7. The third kappa shape index (κ3) is 4.14. The molecule has 178 valence electrons. The molecular formula is C29H29N3O3. The molecule has 4 aromatic rings. The summed E-state index contributed by atoms with van der Waals surface area (Å²) in [5.74, 6) is 3.02. The summed E-state index contributed by atoms with van der Waals surface area (Å²) < 4.78 is 11.4. The van der Waals surface area contributed by atoms with Gasteiger partial charge in [-0.3, -0.25) is 4.79 Å². The Morgan fingerprint density at radius 2 is 1.83 bits per heavy atom. The second-order valence-electron chi connectivity index (χ2n) is 9.55. The highest BCUT2D eigenvalue weighted by molar-refractivity contribution is 5.83. The summed E-state index contributed by atoms with van der Waals surface area (Å²) in [6.45, 7) is 0.489. The van der Waals surface area contributed by atoms with Crippen LogP contribution >= 0.6 is 0 Å². The van der Waals surface area contributed by atoms with Crippen LogP contribution in [0.1, 0.15) is 42.3 Å². The van der Waals surface area contributed by atoms with E-state index in [-0.39, 0.29) is 18.0 Å². The third-order valence-corrected chi connectivity index (χ3v) is 7.40. The Kier molecular flexibility index (Phi) is 5.64. The van der Waals surface area contributed by atoms with E-state index >= 15 is 0 Å². The van der Waals surface area contributed by atoms with Crippen molar-refractivity contribution < 1.29 is 14.3 Å². The van der Waals surface area contributed by atoms with E-state index in [0.717, 1.165) is 58.7 Å². The molecular weight excluding hydrogens is 438 g/mol. The van der Waals surface area contributed by atoms with Gasteiger partial charge in [0, 0.05) is 6.04 Å². The summed E-state index contributed by atoms with van der Waals surface area (Å²) in [6.07, 6.45) is 3.64. The average molecular weight is 468 g/mol. The van der Waals surface area contributed by atoms with Gasteiger partial charge in [-0.25, -0.2) is 4.98 Å². The van der Waals surface area contributed by atoms with Crippen molar-refractivity contribution in [2.45, 2.75) is 44.4 Å². The number of likely N-dealkylation sites (tertiary alicyclic amines) is 1. The van der Waals surface area contributed by atoms with E-state index in [1.54, 1.807) is 7.11 Å². The summed E-state index contributed by atoms with van der Waals surface area (Å²) in [5.41, 5.74) is 3.88. The predicted octanol–water partition coefficient (Wildman–Crippen LogP) is 5.45. The molecule has 3 aromatic carbocycles. The molecule has 3 atom stereocenters. The van der Waals surface area contributed by atoms with E-state index in [2.05, 4.69) is 22.0 Å². The van der Waals surface area contributed by atoms with E-state index in [1.165, 1.54) is 0 Å². The number of hydrogen-bond donors (Lipinski definition) is 1. The molecule has 1 saturated carbocycles. The number of H-pyrrole nitrogens is 1. The minimum absolute atomic E-state index is 0.0196. The van der Waals surface area contributed by atoms with Crippen LogP contribution < -0.4 is 9.47 Å². The Morgan fingerprint density at radius 3 is 2.63 bits per heavy atom. The van der Waals surface area contributed by atoms with Crippen molar-refractivity contribution in [1.82, 2.24) is 14.9 Å². The van der Waals surface area contributed by atoms with Crippen LogP contribution in [0.2, 0.25) is 0 Å². The number of fused-ring (bicyclic) bond motifs is 3. The normalized spacial score (nSPS) is 20.9. The lowest BCUT2D eigenvalue weighted by Crippen LogP contribution is -2.41. The maximum absolute atomic E-state index is 13.5. The maximum atomic E-state index is 13.5. The van der Waals surface area contributed by atoms with Gasteiger partial charge in [0.2, 0.25) is 5.91 Å². The van der Waals surface area contributed by atoms with Gasteiger partial charge in [0.1, 0.15) is 29.4 Å². The number of amides is 1. The second-order valence-corrected chi connectivity index (χ2v) is 9.55. The number of methoxy groups -OCH3 is 1. The van der Waals surface area contributed by atoms with E-state index < -0.39 is 0 Å². The van der Waals surface area contributed by atoms with Crippen molar-refractivity contribution in [3.05, 3.63) is 89.7 Å². The quantitative estimate of drug-likeness (QED) is 0.393. The van der Waals surface area contributed by atoms with Crippen molar-refractivity contribution in [1.29, 1.82) is 0 Å². The van der Waals surface area contributed by atoms with E-state index in [1.807, 2.05) is 60.7 Å². The van der Waals surface area contributed by atoms with Gasteiger partial charge in [-0.15, -0.1) is 0 Å². The highest BCUT2D eigenvalue weighted by Gasteiger charge is 2.49. The number of rotatable bonds is 7. The summed E-state index contributed by atoms with van der Waals surface area (Å²) in [4.78, 5) is 24.1. The van der Waals surface area contributed by atoms with Crippen molar-refractivity contribution >= 4 is 16.9 Å². The number of benzene rings is 3. The number of carbonyl (C=O) groups is 1. The van der Waals surface area contributed by atoms with Gasteiger partial charge < -0.3 is 19.4 Å². The fraction of sp³-hybridized carbons (Fsp3) is 0.310. The fourth-order valence-electron chi connectivity index (χ4n) is 5.73. The molecule has 6 nitrogen and oxygen atoms in total. The molecule has 2 heterocycles. The molecule has 1 aliphatic carbocycles. The van der Waals surface area contributed by atoms with Crippen LogP contribution in [0.4, 0.5) is 0 Å². The molecule has 1 aliphatic heterocycles. The Hall–Kier alpha value is -3.80. The molecule has 35 heavy (non-hydrogen) atoms. The number of carbonyl (C=O) groups excluding carboxylic acids is 1. The smallest absolute Gasteiger partial charge is 0.227 e. The summed E-state index contributed by atoms with van der Waals surface area (Å²) in [6, 6.07) is 24.1. The number of nitrogens with zero attached hydrogens (tertiary/aromatic N) is 2. The average Bonchev–Trinajstić information content (AvgIpc) is 3.63. The van der Waals surface area contributed by atoms with Gasteiger partial charge in [-0.1, -0.05) is 48.5 Å². The number of ether oxygens (including phenoxy) is 2. The molecule has 6 heteroatoms. The van der Waals surface area contributed by atoms with Crippen molar-refractivity contribution in [3.8, 4) is 11.5 Å². The van der Waals surface area contributed by atoms with Crippen LogP contribution in [0.15, 0.2) is 72.8 Å². The van der Waals surface area contributed by atoms with Crippen molar-refractivity contribution in [2.24, 2.45) is 5.92 Å². The molecule has 0 radical (unpaired) electrons. The summed E-state index contributed by atoms with van der Waals surface area (Å²) in [5, 5.41) is 0. The summed E-state index contributed by atoms with van der Waals surface area (Å²) >= 11 is 0. The Morgan fingerprint density at radius 1 is 1.00 bits per heavy atom.